The Balaban J connectivity index is 2.19. The number of carbonyl (C=O) groups excluding carboxylic acids is 2. The maximum atomic E-state index is 12.5. The number of nitrogens with zero attached hydrogens (tertiary/aromatic N) is 1. The van der Waals surface area contributed by atoms with E-state index in [1.54, 1.807) is 6.07 Å². The summed E-state index contributed by atoms with van der Waals surface area (Å²) in [6, 6.07) is 9.49. The van der Waals surface area contributed by atoms with Gasteiger partial charge in [-0.3, -0.25) is 4.79 Å². The van der Waals surface area contributed by atoms with Crippen molar-refractivity contribution in [2.75, 3.05) is 26.5 Å². The first-order valence-corrected chi connectivity index (χ1v) is 10.6. The Hall–Kier alpha value is -2.91. The van der Waals surface area contributed by atoms with Crippen LogP contribution >= 0.6 is 0 Å². The van der Waals surface area contributed by atoms with Crippen molar-refractivity contribution >= 4 is 27.6 Å². The van der Waals surface area contributed by atoms with Crippen LogP contribution in [0.2, 0.25) is 0 Å². The molecule has 2 aromatic carbocycles. The van der Waals surface area contributed by atoms with E-state index >= 15 is 0 Å². The van der Waals surface area contributed by atoms with E-state index in [4.69, 9.17) is 9.47 Å². The van der Waals surface area contributed by atoms with Gasteiger partial charge in [0.2, 0.25) is 10.0 Å². The Morgan fingerprint density at radius 2 is 1.73 bits per heavy atom. The fourth-order valence-electron chi connectivity index (χ4n) is 2.67. The van der Waals surface area contributed by atoms with Gasteiger partial charge in [0.1, 0.15) is 10.6 Å². The van der Waals surface area contributed by atoms with Crippen molar-refractivity contribution in [1.29, 1.82) is 0 Å². The van der Waals surface area contributed by atoms with Gasteiger partial charge < -0.3 is 14.8 Å². The third kappa shape index (κ3) is 5.17. The van der Waals surface area contributed by atoms with E-state index in [1.165, 1.54) is 46.3 Å². The molecule has 0 aliphatic rings. The molecule has 1 N–H and O–H groups in total. The smallest absolute Gasteiger partial charge is 0.338 e. The van der Waals surface area contributed by atoms with Gasteiger partial charge in [0, 0.05) is 19.8 Å². The first kappa shape index (κ1) is 23.4. The normalized spacial score (nSPS) is 12.4. The van der Waals surface area contributed by atoms with Gasteiger partial charge in [-0.05, 0) is 50.6 Å². The molecule has 0 bridgehead atoms. The summed E-state index contributed by atoms with van der Waals surface area (Å²) in [6.07, 6.45) is -1.09. The first-order chi connectivity index (χ1) is 14.0. The highest BCUT2D eigenvalue weighted by molar-refractivity contribution is 7.89. The minimum Gasteiger partial charge on any atom is -0.495 e. The molecule has 9 heteroatoms. The van der Waals surface area contributed by atoms with Crippen molar-refractivity contribution in [2.24, 2.45) is 0 Å². The molecule has 0 aromatic heterocycles. The second-order valence-corrected chi connectivity index (χ2v) is 9.13. The molecular weight excluding hydrogens is 408 g/mol. The van der Waals surface area contributed by atoms with Crippen LogP contribution in [0.4, 0.5) is 5.69 Å². The van der Waals surface area contributed by atoms with Crippen molar-refractivity contribution in [3.8, 4) is 5.75 Å². The monoisotopic (exact) mass is 434 g/mol. The molecule has 0 radical (unpaired) electrons. The predicted molar refractivity (Wildman–Crippen MR) is 113 cm³/mol. The molecule has 1 unspecified atom stereocenters. The SMILES string of the molecule is COc1ccc(C(=O)OC(C)C(=O)Nc2ccc(C)cc2C)cc1S(=O)(=O)N(C)C. The van der Waals surface area contributed by atoms with Crippen LogP contribution in [0.5, 0.6) is 5.75 Å². The summed E-state index contributed by atoms with van der Waals surface area (Å²) in [4.78, 5) is 24.8. The second kappa shape index (κ2) is 9.27. The summed E-state index contributed by atoms with van der Waals surface area (Å²) < 4.78 is 36.4. The zero-order valence-electron chi connectivity index (χ0n) is 17.8. The van der Waals surface area contributed by atoms with Gasteiger partial charge in [-0.1, -0.05) is 17.7 Å². The number of nitrogens with one attached hydrogen (secondary N) is 1. The van der Waals surface area contributed by atoms with Crippen LogP contribution in [0.1, 0.15) is 28.4 Å². The Kier molecular flexibility index (Phi) is 7.22. The fraction of sp³-hybridized carbons (Fsp3) is 0.333. The van der Waals surface area contributed by atoms with Crippen molar-refractivity contribution in [3.63, 3.8) is 0 Å². The highest BCUT2D eigenvalue weighted by atomic mass is 32.2. The standard InChI is InChI=1S/C21H26N2O6S/c1-13-7-9-17(14(2)11-13)22-20(24)15(3)29-21(25)16-8-10-18(28-6)19(12-16)30(26,27)23(4)5/h7-12,15H,1-6H3,(H,22,24). The third-order valence-electron chi connectivity index (χ3n) is 4.45. The quantitative estimate of drug-likeness (QED) is 0.673. The van der Waals surface area contributed by atoms with Crippen LogP contribution in [0.25, 0.3) is 0 Å². The number of benzene rings is 2. The third-order valence-corrected chi connectivity index (χ3v) is 6.29. The number of sulfonamides is 1. The maximum absolute atomic E-state index is 12.5. The zero-order valence-corrected chi connectivity index (χ0v) is 18.7. The molecule has 1 atom stereocenters. The van der Waals surface area contributed by atoms with E-state index in [2.05, 4.69) is 5.32 Å². The minimum atomic E-state index is -3.85. The molecule has 162 valence electrons. The maximum Gasteiger partial charge on any atom is 0.338 e. The number of anilines is 1. The number of hydrogen-bond donors (Lipinski definition) is 1. The van der Waals surface area contributed by atoms with E-state index in [-0.39, 0.29) is 16.2 Å². The number of ether oxygens (including phenoxy) is 2. The van der Waals surface area contributed by atoms with Gasteiger partial charge >= 0.3 is 5.97 Å². The van der Waals surface area contributed by atoms with Crippen LogP contribution in [0, 0.1) is 13.8 Å². The molecule has 0 fully saturated rings. The van der Waals surface area contributed by atoms with Crippen molar-refractivity contribution < 1.29 is 27.5 Å². The summed E-state index contributed by atoms with van der Waals surface area (Å²) in [5, 5.41) is 2.72. The highest BCUT2D eigenvalue weighted by Gasteiger charge is 2.26. The molecule has 0 aliphatic heterocycles. The number of carbonyl (C=O) groups is 2. The molecule has 30 heavy (non-hydrogen) atoms. The molecule has 1 amide bonds. The van der Waals surface area contributed by atoms with E-state index in [0.29, 0.717) is 5.69 Å². The average Bonchev–Trinajstić information content (AvgIpc) is 2.69. The van der Waals surface area contributed by atoms with Gasteiger partial charge in [0.05, 0.1) is 12.7 Å². The molecule has 0 saturated carbocycles. The lowest BCUT2D eigenvalue weighted by Gasteiger charge is -2.17. The van der Waals surface area contributed by atoms with Crippen molar-refractivity contribution in [2.45, 2.75) is 31.8 Å². The summed E-state index contributed by atoms with van der Waals surface area (Å²) in [6.45, 7) is 5.25. The molecule has 8 nitrogen and oxygen atoms in total. The largest absolute Gasteiger partial charge is 0.495 e. The lowest BCUT2D eigenvalue weighted by molar-refractivity contribution is -0.123. The van der Waals surface area contributed by atoms with Crippen LogP contribution in [0.3, 0.4) is 0 Å². The molecule has 0 aliphatic carbocycles. The first-order valence-electron chi connectivity index (χ1n) is 9.17. The van der Waals surface area contributed by atoms with Gasteiger partial charge in [-0.25, -0.2) is 17.5 Å². The molecule has 2 aromatic rings. The second-order valence-electron chi connectivity index (χ2n) is 7.01. The lowest BCUT2D eigenvalue weighted by atomic mass is 10.1. The van der Waals surface area contributed by atoms with Gasteiger partial charge in [-0.15, -0.1) is 0 Å². The number of aryl methyl sites for hydroxylation is 2. The van der Waals surface area contributed by atoms with Gasteiger partial charge in [0.15, 0.2) is 6.10 Å². The van der Waals surface area contributed by atoms with E-state index in [9.17, 15) is 18.0 Å². The zero-order chi connectivity index (χ0) is 22.6. The summed E-state index contributed by atoms with van der Waals surface area (Å²) in [5.74, 6) is -1.22. The van der Waals surface area contributed by atoms with Crippen molar-refractivity contribution in [1.82, 2.24) is 4.31 Å². The molecule has 0 saturated heterocycles. The van der Waals surface area contributed by atoms with Crippen molar-refractivity contribution in [3.05, 3.63) is 53.1 Å². The topological polar surface area (TPSA) is 102 Å². The van der Waals surface area contributed by atoms with E-state index in [1.807, 2.05) is 26.0 Å². The molecule has 2 rings (SSSR count). The highest BCUT2D eigenvalue weighted by Crippen LogP contribution is 2.27. The Labute approximate surface area is 176 Å². The molecular formula is C21H26N2O6S. The summed E-state index contributed by atoms with van der Waals surface area (Å²) >= 11 is 0. The van der Waals surface area contributed by atoms with Gasteiger partial charge in [-0.2, -0.15) is 0 Å². The number of methoxy groups -OCH3 is 1. The Morgan fingerprint density at radius 1 is 1.07 bits per heavy atom. The lowest BCUT2D eigenvalue weighted by Crippen LogP contribution is -2.30. The predicted octanol–water partition coefficient (Wildman–Crippen LogP) is 2.75. The summed E-state index contributed by atoms with van der Waals surface area (Å²) in [5.41, 5.74) is 2.56. The summed E-state index contributed by atoms with van der Waals surface area (Å²) in [7, 11) is 0.235. The van der Waals surface area contributed by atoms with Crippen LogP contribution in [0.15, 0.2) is 41.3 Å². The Morgan fingerprint density at radius 3 is 2.30 bits per heavy atom. The number of hydrogen-bond acceptors (Lipinski definition) is 6. The number of rotatable bonds is 7. The number of amides is 1. The average molecular weight is 435 g/mol. The van der Waals surface area contributed by atoms with Crippen LogP contribution < -0.4 is 10.1 Å². The van der Waals surface area contributed by atoms with Gasteiger partial charge in [0.25, 0.3) is 5.91 Å². The van der Waals surface area contributed by atoms with Crippen LogP contribution in [-0.2, 0) is 19.6 Å². The molecule has 0 heterocycles. The van der Waals surface area contributed by atoms with E-state index in [0.717, 1.165) is 15.4 Å². The fourth-order valence-corrected chi connectivity index (χ4v) is 3.75. The number of esters is 1. The molecule has 0 spiro atoms. The van der Waals surface area contributed by atoms with E-state index < -0.39 is 28.0 Å². The Bertz CT molecular complexity index is 1060. The van der Waals surface area contributed by atoms with Crippen LogP contribution in [-0.4, -0.2) is 51.9 Å². The minimum absolute atomic E-state index is 0.0117.